The number of nitrogens with one attached hydrogen (secondary N) is 1. The molecule has 1 aliphatic rings. The maximum Gasteiger partial charge on any atom is 0.305 e. The average Bonchev–Trinajstić information content (AvgIpc) is 0.842. The molecule has 0 aromatic heterocycles. The van der Waals surface area contributed by atoms with E-state index in [1.165, 1.54) is 334 Å². The van der Waals surface area contributed by atoms with Gasteiger partial charge in [0.1, 0.15) is 24.4 Å². The maximum absolute atomic E-state index is 13.1. The summed E-state index contributed by atoms with van der Waals surface area (Å²) in [5.74, 6) is -0.169. The van der Waals surface area contributed by atoms with Gasteiger partial charge in [0.05, 0.1) is 32.0 Å². The average molecular weight is 1360 g/mol. The molecule has 7 unspecified atom stereocenters. The summed E-state index contributed by atoms with van der Waals surface area (Å²) in [6.45, 7) is 4.38. The second-order valence-corrected chi connectivity index (χ2v) is 29.2. The molecule has 0 aromatic carbocycles. The third-order valence-corrected chi connectivity index (χ3v) is 19.9. The third kappa shape index (κ3) is 61.5. The standard InChI is InChI=1S/C85H159NO10/c1-3-5-7-9-11-13-15-17-44-49-53-57-61-65-69-73-81(90)94-74-70-66-62-58-54-50-46-43-41-39-37-35-33-31-29-27-25-23-21-19-20-22-24-26-28-30-32-34-36-38-40-42-45-48-52-56-60-64-68-72-80(89)86-77(76-95-85-84(93)83(92)82(91)79(75-87)96-85)78(88)71-67-63-59-55-51-47-18-16-14-12-10-8-6-4-2/h19-20,23,25,51,55,67,71,77-79,82-85,87-88,91-93H,3-18,21-22,24,26-50,52-54,56-66,68-70,72-76H2,1-2H3,(H,86,89)/b20-19-,25-23-,55-51+,71-67+. The fourth-order valence-corrected chi connectivity index (χ4v) is 13.4. The summed E-state index contributed by atoms with van der Waals surface area (Å²) in [5.41, 5.74) is 0. The van der Waals surface area contributed by atoms with Gasteiger partial charge in [0.25, 0.3) is 0 Å². The normalized spacial score (nSPS) is 17.5. The van der Waals surface area contributed by atoms with Crippen LogP contribution < -0.4 is 5.32 Å². The highest BCUT2D eigenvalue weighted by molar-refractivity contribution is 5.76. The minimum Gasteiger partial charge on any atom is -0.466 e. The van der Waals surface area contributed by atoms with Crippen LogP contribution in [-0.2, 0) is 23.8 Å². The van der Waals surface area contributed by atoms with E-state index >= 15 is 0 Å². The van der Waals surface area contributed by atoms with Crippen LogP contribution in [0.3, 0.4) is 0 Å². The highest BCUT2D eigenvalue weighted by atomic mass is 16.7. The van der Waals surface area contributed by atoms with Crippen molar-refractivity contribution in [3.05, 3.63) is 48.6 Å². The summed E-state index contributed by atoms with van der Waals surface area (Å²) >= 11 is 0. The number of ether oxygens (including phenoxy) is 3. The number of aliphatic hydroxyl groups excluding tert-OH is 5. The van der Waals surface area contributed by atoms with E-state index in [2.05, 4.69) is 55.6 Å². The smallest absolute Gasteiger partial charge is 0.305 e. The van der Waals surface area contributed by atoms with Gasteiger partial charge in [0, 0.05) is 12.8 Å². The molecule has 6 N–H and O–H groups in total. The molecule has 0 spiro atoms. The van der Waals surface area contributed by atoms with Crippen molar-refractivity contribution in [2.45, 2.75) is 461 Å². The highest BCUT2D eigenvalue weighted by Crippen LogP contribution is 2.24. The van der Waals surface area contributed by atoms with Gasteiger partial charge in [-0.3, -0.25) is 9.59 Å². The molecule has 0 radical (unpaired) electrons. The molecule has 1 fully saturated rings. The zero-order chi connectivity index (χ0) is 69.4. The number of rotatable bonds is 75. The Morgan fingerprint density at radius 2 is 0.708 bits per heavy atom. The van der Waals surface area contributed by atoms with Gasteiger partial charge in [-0.15, -0.1) is 0 Å². The van der Waals surface area contributed by atoms with Crippen molar-refractivity contribution in [2.24, 2.45) is 0 Å². The van der Waals surface area contributed by atoms with Crippen LogP contribution in [0.2, 0.25) is 0 Å². The molecule has 0 aliphatic carbocycles. The number of carbonyl (C=O) groups excluding carboxylic acids is 2. The van der Waals surface area contributed by atoms with E-state index in [1.54, 1.807) is 6.08 Å². The Labute approximate surface area is 593 Å². The van der Waals surface area contributed by atoms with Gasteiger partial charge >= 0.3 is 5.97 Å². The van der Waals surface area contributed by atoms with Crippen molar-refractivity contribution in [1.29, 1.82) is 0 Å². The summed E-state index contributed by atoms with van der Waals surface area (Å²) in [6, 6.07) is -0.826. The van der Waals surface area contributed by atoms with Gasteiger partial charge in [0.15, 0.2) is 6.29 Å². The molecule has 1 aliphatic heterocycles. The van der Waals surface area contributed by atoms with Crippen molar-refractivity contribution < 1.29 is 49.3 Å². The molecule has 1 heterocycles. The molecular formula is C85H159NO10. The molecule has 11 heteroatoms. The van der Waals surface area contributed by atoms with E-state index in [4.69, 9.17) is 14.2 Å². The van der Waals surface area contributed by atoms with Crippen LogP contribution in [0, 0.1) is 0 Å². The Hall–Kier alpha value is -2.38. The molecule has 1 saturated heterocycles. The maximum atomic E-state index is 13.1. The summed E-state index contributed by atoms with van der Waals surface area (Å²) in [4.78, 5) is 25.2. The number of allylic oxidation sites excluding steroid dienone is 7. The molecule has 0 aromatic rings. The van der Waals surface area contributed by atoms with Crippen LogP contribution in [0.5, 0.6) is 0 Å². The van der Waals surface area contributed by atoms with Gasteiger partial charge in [-0.2, -0.15) is 0 Å². The fourth-order valence-electron chi connectivity index (χ4n) is 13.4. The molecule has 1 amide bonds. The van der Waals surface area contributed by atoms with E-state index in [0.29, 0.717) is 19.4 Å². The summed E-state index contributed by atoms with van der Waals surface area (Å²) in [5, 5.41) is 54.6. The van der Waals surface area contributed by atoms with Crippen molar-refractivity contribution in [3.8, 4) is 0 Å². The number of hydrogen-bond acceptors (Lipinski definition) is 10. The van der Waals surface area contributed by atoms with Gasteiger partial charge < -0.3 is 45.1 Å². The van der Waals surface area contributed by atoms with Crippen LogP contribution >= 0.6 is 0 Å². The molecule has 1 rings (SSSR count). The highest BCUT2D eigenvalue weighted by Gasteiger charge is 2.44. The lowest BCUT2D eigenvalue weighted by Gasteiger charge is -2.40. The molecule has 0 saturated carbocycles. The molecule has 7 atom stereocenters. The Morgan fingerprint density at radius 3 is 1.09 bits per heavy atom. The summed E-state index contributed by atoms with van der Waals surface area (Å²) < 4.78 is 16.8. The predicted molar refractivity (Wildman–Crippen MR) is 407 cm³/mol. The van der Waals surface area contributed by atoms with Crippen molar-refractivity contribution in [2.75, 3.05) is 19.8 Å². The lowest BCUT2D eigenvalue weighted by molar-refractivity contribution is -0.302. The predicted octanol–water partition coefficient (Wildman–Crippen LogP) is 23.0. The van der Waals surface area contributed by atoms with E-state index in [0.717, 1.165) is 57.8 Å². The van der Waals surface area contributed by atoms with Crippen molar-refractivity contribution in [1.82, 2.24) is 5.32 Å². The SMILES string of the molecule is CCCCCCCCCC/C=C/CC/C=C/C(O)C(COC1OC(CO)C(O)C(O)C1O)NC(=O)CCCCCCCCCCCCCCCCCCC/C=C\C/C=C\CCCCCCCCCCCCCCCCCOC(=O)CCCCCCCCCCCCCCCCC. The zero-order valence-electron chi connectivity index (χ0n) is 63.1. The second-order valence-electron chi connectivity index (χ2n) is 29.2. The molecule has 564 valence electrons. The quantitative estimate of drug-likeness (QED) is 0.0195. The Balaban J connectivity index is 1.90. The molecular weight excluding hydrogens is 1190 g/mol. The Bertz CT molecular complexity index is 1740. The lowest BCUT2D eigenvalue weighted by Crippen LogP contribution is -2.60. The first-order valence-electron chi connectivity index (χ1n) is 41.9. The number of esters is 1. The van der Waals surface area contributed by atoms with Crippen molar-refractivity contribution >= 4 is 11.9 Å². The van der Waals surface area contributed by atoms with E-state index in [1.807, 2.05) is 6.08 Å². The van der Waals surface area contributed by atoms with Crippen molar-refractivity contribution in [3.63, 3.8) is 0 Å². The Kier molecular flexibility index (Phi) is 70.5. The number of unbranched alkanes of at least 4 members (excludes halogenated alkanes) is 55. The first-order valence-corrected chi connectivity index (χ1v) is 41.9. The first-order chi connectivity index (χ1) is 47.2. The third-order valence-electron chi connectivity index (χ3n) is 19.9. The second kappa shape index (κ2) is 73.8. The number of amides is 1. The number of carbonyl (C=O) groups is 2. The van der Waals surface area contributed by atoms with Crippen LogP contribution in [-0.4, -0.2) is 100 Å². The molecule has 11 nitrogen and oxygen atoms in total. The van der Waals surface area contributed by atoms with Gasteiger partial charge in [-0.1, -0.05) is 377 Å². The monoisotopic (exact) mass is 1350 g/mol. The summed E-state index contributed by atoms with van der Waals surface area (Å²) in [7, 11) is 0. The van der Waals surface area contributed by atoms with Crippen LogP contribution in [0.25, 0.3) is 0 Å². The van der Waals surface area contributed by atoms with Gasteiger partial charge in [-0.05, 0) is 77.0 Å². The molecule has 0 bridgehead atoms. The minimum atomic E-state index is -1.58. The largest absolute Gasteiger partial charge is 0.466 e. The zero-order valence-corrected chi connectivity index (χ0v) is 63.1. The lowest BCUT2D eigenvalue weighted by atomic mass is 9.99. The van der Waals surface area contributed by atoms with Gasteiger partial charge in [-0.25, -0.2) is 0 Å². The van der Waals surface area contributed by atoms with E-state index < -0.39 is 49.5 Å². The minimum absolute atomic E-state index is 0.0180. The van der Waals surface area contributed by atoms with Crippen LogP contribution in [0.4, 0.5) is 0 Å². The van der Waals surface area contributed by atoms with Crippen LogP contribution in [0.1, 0.15) is 418 Å². The number of aliphatic hydroxyl groups is 5. The van der Waals surface area contributed by atoms with Crippen LogP contribution in [0.15, 0.2) is 48.6 Å². The molecule has 96 heavy (non-hydrogen) atoms. The van der Waals surface area contributed by atoms with E-state index in [-0.39, 0.29) is 18.5 Å². The summed E-state index contributed by atoms with van der Waals surface area (Å²) in [6.07, 6.45) is 88.7. The van der Waals surface area contributed by atoms with Gasteiger partial charge in [0.2, 0.25) is 5.91 Å². The number of hydrogen-bond donors (Lipinski definition) is 6. The topological polar surface area (TPSA) is 175 Å². The fraction of sp³-hybridized carbons (Fsp3) is 0.882. The Morgan fingerprint density at radius 1 is 0.385 bits per heavy atom. The van der Waals surface area contributed by atoms with E-state index in [9.17, 15) is 35.1 Å². The first kappa shape index (κ1) is 91.6.